The van der Waals surface area contributed by atoms with Gasteiger partial charge in [-0.2, -0.15) is 0 Å². The minimum Gasteiger partial charge on any atom is -0.395 e. The van der Waals surface area contributed by atoms with E-state index >= 15 is 0 Å². The highest BCUT2D eigenvalue weighted by molar-refractivity contribution is 7.90. The number of rotatable bonds is 7. The minimum atomic E-state index is -3.22. The van der Waals surface area contributed by atoms with E-state index in [4.69, 9.17) is 0 Å². The molecule has 3 N–H and O–H groups in total. The molecule has 114 valence electrons. The zero-order valence-electron chi connectivity index (χ0n) is 12.1. The van der Waals surface area contributed by atoms with Crippen LogP contribution in [-0.4, -0.2) is 44.1 Å². The number of sulfone groups is 1. The molecule has 1 unspecified atom stereocenters. The molecule has 5 nitrogen and oxygen atoms in total. The Balaban J connectivity index is 2.66. The molecule has 0 aliphatic heterocycles. The van der Waals surface area contributed by atoms with Crippen LogP contribution < -0.4 is 5.32 Å². The van der Waals surface area contributed by atoms with Gasteiger partial charge in [0.1, 0.15) is 0 Å². The van der Waals surface area contributed by atoms with Crippen LogP contribution in [0.5, 0.6) is 0 Å². The van der Waals surface area contributed by atoms with Crippen LogP contribution in [0, 0.1) is 5.92 Å². The van der Waals surface area contributed by atoms with E-state index in [2.05, 4.69) is 5.32 Å². The maximum absolute atomic E-state index is 11.3. The predicted molar refractivity (Wildman–Crippen MR) is 78.2 cm³/mol. The van der Waals surface area contributed by atoms with Crippen LogP contribution in [0.2, 0.25) is 0 Å². The molecule has 6 heteroatoms. The summed E-state index contributed by atoms with van der Waals surface area (Å²) in [5.41, 5.74) is 0.644. The molecule has 0 aliphatic carbocycles. The van der Waals surface area contributed by atoms with Crippen LogP contribution in [0.3, 0.4) is 0 Å². The van der Waals surface area contributed by atoms with Crippen molar-refractivity contribution < 1.29 is 18.6 Å². The third-order valence-corrected chi connectivity index (χ3v) is 4.40. The molecule has 1 aromatic carbocycles. The van der Waals surface area contributed by atoms with Gasteiger partial charge in [0, 0.05) is 18.8 Å². The van der Waals surface area contributed by atoms with E-state index < -0.39 is 15.9 Å². The number of hydrogen-bond donors (Lipinski definition) is 3. The first-order valence-corrected chi connectivity index (χ1v) is 8.47. The zero-order valence-corrected chi connectivity index (χ0v) is 12.9. The number of hydrogen-bond acceptors (Lipinski definition) is 5. The van der Waals surface area contributed by atoms with Gasteiger partial charge in [0.2, 0.25) is 0 Å². The lowest BCUT2D eigenvalue weighted by Crippen LogP contribution is -2.39. The van der Waals surface area contributed by atoms with E-state index in [1.165, 1.54) is 12.1 Å². The Morgan fingerprint density at radius 2 is 1.75 bits per heavy atom. The molecule has 0 radical (unpaired) electrons. The predicted octanol–water partition coefficient (Wildman–Crippen LogP) is 0.730. The van der Waals surface area contributed by atoms with Crippen molar-refractivity contribution in [1.82, 2.24) is 5.32 Å². The second-order valence-electron chi connectivity index (χ2n) is 5.30. The molecule has 1 rings (SSSR count). The molecule has 0 amide bonds. The van der Waals surface area contributed by atoms with Gasteiger partial charge in [0.25, 0.3) is 0 Å². The SMILES string of the molecule is CC(C)[C@@H](CO)NCC(O)c1ccc(S(C)(=O)=O)cc1. The van der Waals surface area contributed by atoms with Gasteiger partial charge in [0.05, 0.1) is 17.6 Å². The average Bonchev–Trinajstić information content (AvgIpc) is 2.38. The maximum atomic E-state index is 11.3. The lowest BCUT2D eigenvalue weighted by atomic mass is 10.0. The fraction of sp³-hybridized carbons (Fsp3) is 0.571. The van der Waals surface area contributed by atoms with Crippen molar-refractivity contribution in [1.29, 1.82) is 0 Å². The second kappa shape index (κ2) is 7.17. The summed E-state index contributed by atoms with van der Waals surface area (Å²) in [7, 11) is -3.22. The minimum absolute atomic E-state index is 0.0113. The highest BCUT2D eigenvalue weighted by atomic mass is 32.2. The highest BCUT2D eigenvalue weighted by Gasteiger charge is 2.15. The van der Waals surface area contributed by atoms with Crippen LogP contribution in [0.4, 0.5) is 0 Å². The van der Waals surface area contributed by atoms with Gasteiger partial charge in [-0.15, -0.1) is 0 Å². The maximum Gasteiger partial charge on any atom is 0.175 e. The van der Waals surface area contributed by atoms with Crippen LogP contribution in [0.1, 0.15) is 25.5 Å². The van der Waals surface area contributed by atoms with Crippen LogP contribution in [0.25, 0.3) is 0 Å². The molecule has 1 aromatic rings. The molecule has 0 fully saturated rings. The molecule has 0 aliphatic rings. The number of nitrogens with one attached hydrogen (secondary N) is 1. The molecule has 0 saturated heterocycles. The third kappa shape index (κ3) is 4.86. The standard InChI is InChI=1S/C14H23NO4S/c1-10(2)13(9-16)15-8-14(17)11-4-6-12(7-5-11)20(3,18)19/h4-7,10,13-17H,8-9H2,1-3H3/t13-,14?/m1/s1. The first-order valence-electron chi connectivity index (χ1n) is 6.58. The van der Waals surface area contributed by atoms with Gasteiger partial charge < -0.3 is 15.5 Å². The van der Waals surface area contributed by atoms with Crippen molar-refractivity contribution in [3.05, 3.63) is 29.8 Å². The molecular formula is C14H23NO4S. The summed E-state index contributed by atoms with van der Waals surface area (Å²) in [6, 6.07) is 6.11. The van der Waals surface area contributed by atoms with Gasteiger partial charge >= 0.3 is 0 Å². The summed E-state index contributed by atoms with van der Waals surface area (Å²) in [5.74, 6) is 0.264. The average molecular weight is 301 g/mol. The normalized spacial score (nSPS) is 15.3. The molecule has 20 heavy (non-hydrogen) atoms. The van der Waals surface area contributed by atoms with E-state index in [0.29, 0.717) is 12.1 Å². The smallest absolute Gasteiger partial charge is 0.175 e. The number of benzene rings is 1. The van der Waals surface area contributed by atoms with E-state index in [1.54, 1.807) is 12.1 Å². The summed E-state index contributed by atoms with van der Waals surface area (Å²) in [6.07, 6.45) is 0.408. The fourth-order valence-electron chi connectivity index (χ4n) is 1.83. The Bertz CT molecular complexity index is 510. The summed E-state index contributed by atoms with van der Waals surface area (Å²) < 4.78 is 22.7. The molecule has 2 atom stereocenters. The molecular weight excluding hydrogens is 278 g/mol. The molecule has 0 bridgehead atoms. The Kier molecular flexibility index (Phi) is 6.13. The second-order valence-corrected chi connectivity index (χ2v) is 7.31. The Morgan fingerprint density at radius 1 is 1.20 bits per heavy atom. The third-order valence-electron chi connectivity index (χ3n) is 3.27. The van der Waals surface area contributed by atoms with Gasteiger partial charge in [-0.1, -0.05) is 26.0 Å². The van der Waals surface area contributed by atoms with Crippen molar-refractivity contribution in [3.63, 3.8) is 0 Å². The van der Waals surface area contributed by atoms with Gasteiger partial charge in [-0.05, 0) is 23.6 Å². The quantitative estimate of drug-likeness (QED) is 0.691. The lowest BCUT2D eigenvalue weighted by Gasteiger charge is -2.22. The Labute approximate surface area is 120 Å². The molecule has 0 aromatic heterocycles. The van der Waals surface area contributed by atoms with Crippen molar-refractivity contribution >= 4 is 9.84 Å². The zero-order chi connectivity index (χ0) is 15.3. The lowest BCUT2D eigenvalue weighted by molar-refractivity contribution is 0.148. The monoisotopic (exact) mass is 301 g/mol. The van der Waals surface area contributed by atoms with E-state index in [9.17, 15) is 18.6 Å². The molecule has 0 heterocycles. The highest BCUT2D eigenvalue weighted by Crippen LogP contribution is 2.16. The van der Waals surface area contributed by atoms with Crippen LogP contribution in [0.15, 0.2) is 29.2 Å². The largest absolute Gasteiger partial charge is 0.395 e. The topological polar surface area (TPSA) is 86.6 Å². The van der Waals surface area contributed by atoms with E-state index in [-0.39, 0.29) is 23.5 Å². The first-order chi connectivity index (χ1) is 9.25. The van der Waals surface area contributed by atoms with Crippen molar-refractivity contribution in [3.8, 4) is 0 Å². The van der Waals surface area contributed by atoms with Crippen molar-refractivity contribution in [2.24, 2.45) is 5.92 Å². The van der Waals surface area contributed by atoms with Crippen LogP contribution in [-0.2, 0) is 9.84 Å². The summed E-state index contributed by atoms with van der Waals surface area (Å²) >= 11 is 0. The van der Waals surface area contributed by atoms with E-state index in [1.807, 2.05) is 13.8 Å². The van der Waals surface area contributed by atoms with Gasteiger partial charge in [-0.3, -0.25) is 0 Å². The number of aliphatic hydroxyl groups excluding tert-OH is 2. The van der Waals surface area contributed by atoms with Crippen molar-refractivity contribution in [2.75, 3.05) is 19.4 Å². The first kappa shape index (κ1) is 17.1. The Hall–Kier alpha value is -0.950. The Morgan fingerprint density at radius 3 is 2.15 bits per heavy atom. The van der Waals surface area contributed by atoms with Gasteiger partial charge in [-0.25, -0.2) is 8.42 Å². The fourth-order valence-corrected chi connectivity index (χ4v) is 2.46. The number of aliphatic hydroxyl groups is 2. The summed E-state index contributed by atoms with van der Waals surface area (Å²) in [4.78, 5) is 0.233. The van der Waals surface area contributed by atoms with Gasteiger partial charge in [0.15, 0.2) is 9.84 Å². The molecule has 0 saturated carbocycles. The van der Waals surface area contributed by atoms with E-state index in [0.717, 1.165) is 6.26 Å². The summed E-state index contributed by atoms with van der Waals surface area (Å²) in [5, 5.41) is 22.3. The van der Waals surface area contributed by atoms with Crippen molar-refractivity contribution in [2.45, 2.75) is 30.9 Å². The summed E-state index contributed by atoms with van der Waals surface area (Å²) in [6.45, 7) is 4.29. The molecule has 0 spiro atoms. The van der Waals surface area contributed by atoms with Crippen LogP contribution >= 0.6 is 0 Å².